The summed E-state index contributed by atoms with van der Waals surface area (Å²) in [5.74, 6) is -0.0881. The van der Waals surface area contributed by atoms with Gasteiger partial charge in [-0.05, 0) is 35.9 Å². The van der Waals surface area contributed by atoms with Crippen molar-refractivity contribution < 1.29 is 13.9 Å². The number of nitrogens with zero attached hydrogens (tertiary/aromatic N) is 5. The first-order chi connectivity index (χ1) is 14.2. The summed E-state index contributed by atoms with van der Waals surface area (Å²) >= 11 is 0. The van der Waals surface area contributed by atoms with Crippen LogP contribution in [0.15, 0.2) is 59.3 Å². The Morgan fingerprint density at radius 2 is 1.86 bits per heavy atom. The second kappa shape index (κ2) is 6.79. The third kappa shape index (κ3) is 3.08. The average Bonchev–Trinajstić information content (AvgIpc) is 3.43. The molecule has 142 valence electrons. The van der Waals surface area contributed by atoms with Crippen LogP contribution in [0.2, 0.25) is 0 Å². The fraction of sp³-hybridized carbons (Fsp3) is 0.0500. The Kier molecular flexibility index (Phi) is 3.98. The normalized spacial score (nSPS) is 11.2. The molecule has 0 aliphatic heterocycles. The van der Waals surface area contributed by atoms with Crippen LogP contribution in [-0.4, -0.2) is 35.5 Å². The number of H-pyrrole nitrogens is 1. The Bertz CT molecular complexity index is 1300. The molecule has 4 aromatic heterocycles. The molecule has 2 N–H and O–H groups in total. The van der Waals surface area contributed by atoms with Crippen LogP contribution in [0.1, 0.15) is 11.5 Å². The first-order valence-corrected chi connectivity index (χ1v) is 8.73. The lowest BCUT2D eigenvalue weighted by atomic mass is 10.1. The molecule has 0 radical (unpaired) electrons. The second-order valence-corrected chi connectivity index (χ2v) is 6.33. The van der Waals surface area contributed by atoms with Crippen molar-refractivity contribution in [3.8, 4) is 28.7 Å². The minimum Gasteiger partial charge on any atom is -0.504 e. The monoisotopic (exact) mass is 388 g/mol. The van der Waals surface area contributed by atoms with E-state index in [1.165, 1.54) is 12.1 Å². The van der Waals surface area contributed by atoms with Crippen LogP contribution in [0.4, 0.5) is 4.39 Å². The van der Waals surface area contributed by atoms with Gasteiger partial charge in [0, 0.05) is 17.8 Å². The molecule has 29 heavy (non-hydrogen) atoms. The average molecular weight is 388 g/mol. The zero-order chi connectivity index (χ0) is 19.8. The number of hydrogen-bond acceptors (Lipinski definition) is 7. The van der Waals surface area contributed by atoms with E-state index >= 15 is 0 Å². The topological polar surface area (TPSA) is 114 Å². The molecular weight excluding hydrogens is 375 g/mol. The van der Waals surface area contributed by atoms with Gasteiger partial charge in [0.25, 0.3) is 5.89 Å². The van der Waals surface area contributed by atoms with Gasteiger partial charge in [-0.1, -0.05) is 12.1 Å². The molecule has 4 heterocycles. The lowest BCUT2D eigenvalue weighted by molar-refractivity contribution is 0.471. The maximum atomic E-state index is 13.1. The highest BCUT2D eigenvalue weighted by Crippen LogP contribution is 2.37. The second-order valence-electron chi connectivity index (χ2n) is 6.33. The lowest BCUT2D eigenvalue weighted by Crippen LogP contribution is -1.94. The van der Waals surface area contributed by atoms with Crippen LogP contribution < -0.4 is 0 Å². The number of aromatic amines is 1. The smallest absolute Gasteiger partial charge is 0.270 e. The Labute approximate surface area is 163 Å². The summed E-state index contributed by atoms with van der Waals surface area (Å²) in [4.78, 5) is 8.81. The van der Waals surface area contributed by atoms with E-state index in [0.29, 0.717) is 34.6 Å². The van der Waals surface area contributed by atoms with Gasteiger partial charge in [-0.25, -0.2) is 9.37 Å². The summed E-state index contributed by atoms with van der Waals surface area (Å²) in [7, 11) is 0. The van der Waals surface area contributed by atoms with E-state index < -0.39 is 0 Å². The summed E-state index contributed by atoms with van der Waals surface area (Å²) in [5, 5.41) is 26.3. The van der Waals surface area contributed by atoms with Crippen LogP contribution in [0, 0.1) is 5.82 Å². The quantitative estimate of drug-likeness (QED) is 0.484. The molecule has 0 saturated heterocycles. The standard InChI is InChI=1S/C20H13FN6O2/c21-12-5-3-11(4-6-12)10-15-26-27-20(29-15)18-19(28)17-13(2-1-8-22-17)16(24-18)14-7-9-23-25-14/h1-9,28H,10H2,(H,23,25). The first-order valence-electron chi connectivity index (χ1n) is 8.73. The predicted molar refractivity (Wildman–Crippen MR) is 101 cm³/mol. The van der Waals surface area contributed by atoms with Crippen LogP contribution in [-0.2, 0) is 6.42 Å². The van der Waals surface area contributed by atoms with Gasteiger partial charge >= 0.3 is 0 Å². The molecule has 0 saturated carbocycles. The Morgan fingerprint density at radius 1 is 1.00 bits per heavy atom. The van der Waals surface area contributed by atoms with Gasteiger partial charge in [0.1, 0.15) is 11.3 Å². The summed E-state index contributed by atoms with van der Waals surface area (Å²) in [6, 6.07) is 11.4. The summed E-state index contributed by atoms with van der Waals surface area (Å²) in [6.45, 7) is 0. The van der Waals surface area contributed by atoms with Crippen LogP contribution >= 0.6 is 0 Å². The highest BCUT2D eigenvalue weighted by atomic mass is 19.1. The highest BCUT2D eigenvalue weighted by molar-refractivity contribution is 5.97. The number of rotatable bonds is 4. The van der Waals surface area contributed by atoms with Crippen molar-refractivity contribution in [3.63, 3.8) is 0 Å². The Morgan fingerprint density at radius 3 is 2.66 bits per heavy atom. The Balaban J connectivity index is 1.59. The SMILES string of the molecule is Oc1c(-c2nnc(Cc3ccc(F)cc3)o2)nc(-c2ccn[nH]2)c2cccnc12. The fourth-order valence-electron chi connectivity index (χ4n) is 3.06. The molecule has 0 unspecified atom stereocenters. The number of benzene rings is 1. The molecule has 8 nitrogen and oxygen atoms in total. The van der Waals surface area contributed by atoms with E-state index in [1.54, 1.807) is 36.7 Å². The minimum atomic E-state index is -0.316. The molecule has 0 aliphatic rings. The molecular formula is C20H13FN6O2. The van der Waals surface area contributed by atoms with Crippen molar-refractivity contribution in [2.24, 2.45) is 0 Å². The van der Waals surface area contributed by atoms with Gasteiger partial charge in [-0.15, -0.1) is 10.2 Å². The minimum absolute atomic E-state index is 0.0629. The maximum absolute atomic E-state index is 13.1. The lowest BCUT2D eigenvalue weighted by Gasteiger charge is -2.08. The third-order valence-corrected chi connectivity index (χ3v) is 4.43. The number of nitrogens with one attached hydrogen (secondary N) is 1. The number of aromatic hydroxyl groups is 1. The molecule has 0 fully saturated rings. The van der Waals surface area contributed by atoms with E-state index in [1.807, 2.05) is 6.07 Å². The first kappa shape index (κ1) is 17.0. The van der Waals surface area contributed by atoms with Crippen molar-refractivity contribution in [1.29, 1.82) is 0 Å². The van der Waals surface area contributed by atoms with E-state index in [2.05, 4.69) is 30.4 Å². The van der Waals surface area contributed by atoms with Crippen molar-refractivity contribution in [1.82, 2.24) is 30.4 Å². The summed E-state index contributed by atoms with van der Waals surface area (Å²) < 4.78 is 18.8. The number of pyridine rings is 2. The molecule has 9 heteroatoms. The van der Waals surface area contributed by atoms with Crippen molar-refractivity contribution in [2.45, 2.75) is 6.42 Å². The van der Waals surface area contributed by atoms with Crippen molar-refractivity contribution in [3.05, 3.63) is 72.1 Å². The number of halogens is 1. The highest BCUT2D eigenvalue weighted by Gasteiger charge is 2.21. The molecule has 0 atom stereocenters. The molecule has 1 aromatic carbocycles. The Hall–Kier alpha value is -4.14. The number of hydrogen-bond donors (Lipinski definition) is 2. The maximum Gasteiger partial charge on any atom is 0.270 e. The molecule has 0 spiro atoms. The number of fused-ring (bicyclic) bond motifs is 1. The zero-order valence-electron chi connectivity index (χ0n) is 14.9. The van der Waals surface area contributed by atoms with Crippen molar-refractivity contribution in [2.75, 3.05) is 0 Å². The molecule has 0 bridgehead atoms. The van der Waals surface area contributed by atoms with Gasteiger partial charge in [-0.3, -0.25) is 10.1 Å². The molecule has 0 aliphatic carbocycles. The van der Waals surface area contributed by atoms with Gasteiger partial charge in [0.15, 0.2) is 11.4 Å². The molecule has 0 amide bonds. The molecule has 5 aromatic rings. The number of aromatic nitrogens is 6. The van der Waals surface area contributed by atoms with Crippen LogP contribution in [0.5, 0.6) is 5.75 Å². The van der Waals surface area contributed by atoms with Crippen LogP contribution in [0.25, 0.3) is 33.9 Å². The fourth-order valence-corrected chi connectivity index (χ4v) is 3.06. The van der Waals surface area contributed by atoms with Gasteiger partial charge in [0.05, 0.1) is 17.8 Å². The van der Waals surface area contributed by atoms with Crippen LogP contribution in [0.3, 0.4) is 0 Å². The zero-order valence-corrected chi connectivity index (χ0v) is 14.9. The van der Waals surface area contributed by atoms with Crippen molar-refractivity contribution >= 4 is 10.9 Å². The predicted octanol–water partition coefficient (Wildman–Crippen LogP) is 3.51. The molecule has 5 rings (SSSR count). The summed E-state index contributed by atoms with van der Waals surface area (Å²) in [5.41, 5.74) is 2.52. The third-order valence-electron chi connectivity index (χ3n) is 4.43. The van der Waals surface area contributed by atoms with E-state index in [4.69, 9.17) is 4.42 Å². The van der Waals surface area contributed by atoms with Gasteiger partial charge in [-0.2, -0.15) is 5.10 Å². The van der Waals surface area contributed by atoms with E-state index in [-0.39, 0.29) is 23.2 Å². The largest absolute Gasteiger partial charge is 0.504 e. The van der Waals surface area contributed by atoms with Gasteiger partial charge < -0.3 is 9.52 Å². The van der Waals surface area contributed by atoms with E-state index in [9.17, 15) is 9.50 Å². The summed E-state index contributed by atoms with van der Waals surface area (Å²) in [6.07, 6.45) is 3.52. The van der Waals surface area contributed by atoms with E-state index in [0.717, 1.165) is 5.56 Å². The van der Waals surface area contributed by atoms with Gasteiger partial charge in [0.2, 0.25) is 5.89 Å².